The molecule has 0 bridgehead atoms. The Morgan fingerprint density at radius 3 is 2.32 bits per heavy atom. The summed E-state index contributed by atoms with van der Waals surface area (Å²) in [5, 5.41) is 0. The highest BCUT2D eigenvalue weighted by Crippen LogP contribution is 2.27. The van der Waals surface area contributed by atoms with Crippen LogP contribution >= 0.6 is 23.4 Å². The number of alkyl halides is 1. The van der Waals surface area contributed by atoms with Crippen molar-refractivity contribution >= 4 is 49.2 Å². The summed E-state index contributed by atoms with van der Waals surface area (Å²) in [4.78, 5) is 9.28. The van der Waals surface area contributed by atoms with E-state index < -0.39 is 35.6 Å². The van der Waals surface area contributed by atoms with Crippen LogP contribution < -0.4 is 0 Å². The minimum Gasteiger partial charge on any atom is -0.462 e. The molecule has 11 heteroatoms. The SMILES string of the molecule is CCOC(=O)c1ccccc1S(=O)(=O)N(Cl)C(Cl)S(C)(=O)=O. The zero-order valence-corrected chi connectivity index (χ0v) is 14.7. The molecule has 7 nitrogen and oxygen atoms in total. The van der Waals surface area contributed by atoms with E-state index in [-0.39, 0.29) is 16.0 Å². The summed E-state index contributed by atoms with van der Waals surface area (Å²) in [6, 6.07) is 5.10. The fraction of sp³-hybridized carbons (Fsp3) is 0.364. The lowest BCUT2D eigenvalue weighted by atomic mass is 10.2. The van der Waals surface area contributed by atoms with Crippen molar-refractivity contribution in [1.82, 2.24) is 3.82 Å². The molecular weight excluding hydrogens is 377 g/mol. The monoisotopic (exact) mass is 389 g/mol. The van der Waals surface area contributed by atoms with Crippen molar-refractivity contribution < 1.29 is 26.4 Å². The zero-order valence-electron chi connectivity index (χ0n) is 11.6. The van der Waals surface area contributed by atoms with Crippen molar-refractivity contribution in [3.63, 3.8) is 0 Å². The number of hydrogen-bond acceptors (Lipinski definition) is 6. The quantitative estimate of drug-likeness (QED) is 0.317. The van der Waals surface area contributed by atoms with Gasteiger partial charge in [-0.05, 0) is 30.8 Å². The van der Waals surface area contributed by atoms with E-state index in [9.17, 15) is 21.6 Å². The number of carbonyl (C=O) groups is 1. The Morgan fingerprint density at radius 2 is 1.82 bits per heavy atom. The van der Waals surface area contributed by atoms with E-state index in [0.29, 0.717) is 0 Å². The van der Waals surface area contributed by atoms with E-state index in [1.54, 1.807) is 6.92 Å². The van der Waals surface area contributed by atoms with Gasteiger partial charge in [0.2, 0.25) is 4.83 Å². The molecule has 0 saturated heterocycles. The average molecular weight is 390 g/mol. The van der Waals surface area contributed by atoms with Crippen LogP contribution in [0.2, 0.25) is 0 Å². The molecule has 0 N–H and O–H groups in total. The van der Waals surface area contributed by atoms with Gasteiger partial charge in [0.15, 0.2) is 9.84 Å². The predicted octanol–water partition coefficient (Wildman–Crippen LogP) is 1.57. The van der Waals surface area contributed by atoms with Gasteiger partial charge in [-0.15, -0.1) is 0 Å². The van der Waals surface area contributed by atoms with Crippen LogP contribution in [-0.4, -0.2) is 44.3 Å². The van der Waals surface area contributed by atoms with Gasteiger partial charge in [0.1, 0.15) is 0 Å². The summed E-state index contributed by atoms with van der Waals surface area (Å²) in [7, 11) is -8.50. The summed E-state index contributed by atoms with van der Waals surface area (Å²) in [5.41, 5.74) is -0.271. The molecule has 0 radical (unpaired) electrons. The van der Waals surface area contributed by atoms with Crippen molar-refractivity contribution in [1.29, 1.82) is 0 Å². The van der Waals surface area contributed by atoms with E-state index in [2.05, 4.69) is 0 Å². The van der Waals surface area contributed by atoms with Crippen LogP contribution in [0.5, 0.6) is 0 Å². The smallest absolute Gasteiger partial charge is 0.339 e. The van der Waals surface area contributed by atoms with Crippen LogP contribution in [0.15, 0.2) is 29.2 Å². The van der Waals surface area contributed by atoms with Crippen LogP contribution in [0.4, 0.5) is 0 Å². The van der Waals surface area contributed by atoms with Crippen LogP contribution in [0, 0.1) is 0 Å². The number of hydrogen-bond donors (Lipinski definition) is 0. The van der Waals surface area contributed by atoms with Crippen LogP contribution in [-0.2, 0) is 24.6 Å². The summed E-state index contributed by atoms with van der Waals surface area (Å²) < 4.78 is 52.2. The maximum Gasteiger partial charge on any atom is 0.339 e. The molecule has 1 atom stereocenters. The maximum atomic E-state index is 12.4. The fourth-order valence-electron chi connectivity index (χ4n) is 1.42. The number of nitrogens with zero attached hydrogens (tertiary/aromatic N) is 1. The summed E-state index contributed by atoms with van der Waals surface area (Å²) in [5.74, 6) is -0.878. The first-order valence-corrected chi connectivity index (χ1v) is 9.99. The van der Waals surface area contributed by atoms with Gasteiger partial charge in [0.25, 0.3) is 10.0 Å². The highest BCUT2D eigenvalue weighted by Gasteiger charge is 2.37. The highest BCUT2D eigenvalue weighted by molar-refractivity contribution is 7.95. The molecule has 0 aromatic heterocycles. The van der Waals surface area contributed by atoms with Gasteiger partial charge in [-0.1, -0.05) is 27.6 Å². The molecule has 0 amide bonds. The fourth-order valence-corrected chi connectivity index (χ4v) is 4.59. The summed E-state index contributed by atoms with van der Waals surface area (Å²) >= 11 is 11.1. The Balaban J connectivity index is 3.39. The van der Waals surface area contributed by atoms with Crippen molar-refractivity contribution in [3.8, 4) is 0 Å². The third-order valence-electron chi connectivity index (χ3n) is 2.40. The number of sulfone groups is 1. The number of esters is 1. The molecule has 0 aliphatic carbocycles. The van der Waals surface area contributed by atoms with Gasteiger partial charge in [0.05, 0.1) is 17.1 Å². The molecule has 0 aliphatic rings. The zero-order chi connectivity index (χ0) is 17.1. The molecular formula is C11H13Cl2NO6S2. The topological polar surface area (TPSA) is 97.8 Å². The lowest BCUT2D eigenvalue weighted by molar-refractivity contribution is 0.0521. The van der Waals surface area contributed by atoms with E-state index in [0.717, 1.165) is 12.3 Å². The van der Waals surface area contributed by atoms with Gasteiger partial charge in [-0.25, -0.2) is 21.6 Å². The first-order chi connectivity index (χ1) is 10.0. The van der Waals surface area contributed by atoms with Crippen LogP contribution in [0.3, 0.4) is 0 Å². The minimum atomic E-state index is -4.53. The Bertz CT molecular complexity index is 763. The van der Waals surface area contributed by atoms with Crippen molar-refractivity contribution in [2.75, 3.05) is 12.9 Å². The molecule has 1 aromatic rings. The normalized spacial score (nSPS) is 13.9. The third kappa shape index (κ3) is 4.11. The molecule has 1 aromatic carbocycles. The first kappa shape index (κ1) is 19.2. The lowest BCUT2D eigenvalue weighted by Crippen LogP contribution is -2.35. The summed E-state index contributed by atoms with van der Waals surface area (Å²) in [6.07, 6.45) is 0.729. The van der Waals surface area contributed by atoms with Gasteiger partial charge in [-0.3, -0.25) is 0 Å². The van der Waals surface area contributed by atoms with E-state index in [1.807, 2.05) is 0 Å². The lowest BCUT2D eigenvalue weighted by Gasteiger charge is -2.19. The molecule has 0 heterocycles. The van der Waals surface area contributed by atoms with Crippen molar-refractivity contribution in [3.05, 3.63) is 29.8 Å². The molecule has 1 unspecified atom stereocenters. The third-order valence-corrected chi connectivity index (χ3v) is 7.27. The maximum absolute atomic E-state index is 12.4. The van der Waals surface area contributed by atoms with Gasteiger partial charge in [-0.2, -0.15) is 0 Å². The number of ether oxygens (including phenoxy) is 1. The number of benzene rings is 1. The molecule has 0 fully saturated rings. The van der Waals surface area contributed by atoms with Gasteiger partial charge >= 0.3 is 5.97 Å². The second kappa shape index (κ2) is 7.14. The number of sulfonamides is 1. The van der Waals surface area contributed by atoms with E-state index in [4.69, 9.17) is 28.1 Å². The van der Waals surface area contributed by atoms with Crippen LogP contribution in [0.25, 0.3) is 0 Å². The number of halogens is 2. The molecule has 124 valence electrons. The molecule has 0 saturated carbocycles. The number of carbonyl (C=O) groups excluding carboxylic acids is 1. The molecule has 0 spiro atoms. The second-order valence-corrected chi connectivity index (χ2v) is 9.21. The van der Waals surface area contributed by atoms with Crippen molar-refractivity contribution in [2.24, 2.45) is 0 Å². The Hall–Kier alpha value is -0.870. The molecule has 0 aliphatic heterocycles. The minimum absolute atomic E-state index is 0.0397. The largest absolute Gasteiger partial charge is 0.462 e. The predicted molar refractivity (Wildman–Crippen MR) is 81.8 cm³/mol. The van der Waals surface area contributed by atoms with Gasteiger partial charge < -0.3 is 4.74 Å². The summed E-state index contributed by atoms with van der Waals surface area (Å²) in [6.45, 7) is 1.60. The number of rotatable bonds is 6. The van der Waals surface area contributed by atoms with Crippen LogP contribution in [0.1, 0.15) is 17.3 Å². The standard InChI is InChI=1S/C11H13Cl2NO6S2/c1-3-20-10(15)8-6-4-5-7-9(8)22(18,19)14(13)11(12)21(2,16)17/h4-7,11H,3H2,1-2H3. The Kier molecular flexibility index (Phi) is 6.22. The first-order valence-electron chi connectivity index (χ1n) is 5.82. The van der Waals surface area contributed by atoms with E-state index >= 15 is 0 Å². The average Bonchev–Trinajstić information content (AvgIpc) is 2.44. The van der Waals surface area contributed by atoms with Gasteiger partial charge in [0, 0.05) is 6.26 Å². The molecule has 1 rings (SSSR count). The second-order valence-electron chi connectivity index (χ2n) is 4.09. The Labute approximate surface area is 138 Å². The van der Waals surface area contributed by atoms with E-state index in [1.165, 1.54) is 18.2 Å². The Morgan fingerprint density at radius 1 is 1.27 bits per heavy atom. The van der Waals surface area contributed by atoms with Crippen molar-refractivity contribution in [2.45, 2.75) is 16.7 Å². The molecule has 22 heavy (non-hydrogen) atoms. The highest BCUT2D eigenvalue weighted by atomic mass is 35.5.